The molecule has 0 amide bonds. The lowest BCUT2D eigenvalue weighted by Gasteiger charge is -2.20. The minimum atomic E-state index is -0.414. The topological polar surface area (TPSA) is 53.0 Å². The van der Waals surface area contributed by atoms with Crippen molar-refractivity contribution in [2.75, 3.05) is 0 Å². The van der Waals surface area contributed by atoms with Gasteiger partial charge in [-0.15, -0.1) is 0 Å². The molecule has 0 bridgehead atoms. The molecule has 2 N–H and O–H groups in total. The lowest BCUT2D eigenvalue weighted by atomic mass is 9.95. The number of nitrogens with zero attached hydrogens (tertiary/aromatic N) is 2. The Kier molecular flexibility index (Phi) is 2.91. The van der Waals surface area contributed by atoms with Crippen molar-refractivity contribution in [3.63, 3.8) is 0 Å². The Labute approximate surface area is 107 Å². The van der Waals surface area contributed by atoms with E-state index in [1.165, 1.54) is 0 Å². The van der Waals surface area contributed by atoms with Crippen LogP contribution in [0, 0.1) is 6.92 Å². The van der Waals surface area contributed by atoms with E-state index in [0.29, 0.717) is 0 Å². The van der Waals surface area contributed by atoms with Crippen LogP contribution in [0.3, 0.4) is 0 Å². The molecule has 2 rings (SSSR count). The SMILES string of the molecule is Cc1cn(C)c(=O)n1-c1cccc(C(C)(C)N)c1. The highest BCUT2D eigenvalue weighted by atomic mass is 16.1. The van der Waals surface area contributed by atoms with Crippen LogP contribution in [0.2, 0.25) is 0 Å². The number of rotatable bonds is 2. The van der Waals surface area contributed by atoms with Crippen LogP contribution in [0.5, 0.6) is 0 Å². The molecule has 0 spiro atoms. The van der Waals surface area contributed by atoms with Gasteiger partial charge in [-0.3, -0.25) is 4.57 Å². The first-order chi connectivity index (χ1) is 8.30. The van der Waals surface area contributed by atoms with Crippen LogP contribution in [0.1, 0.15) is 25.1 Å². The van der Waals surface area contributed by atoms with Crippen LogP contribution in [0.4, 0.5) is 0 Å². The summed E-state index contributed by atoms with van der Waals surface area (Å²) in [5.74, 6) is 0. The number of aryl methyl sites for hydroxylation is 2. The van der Waals surface area contributed by atoms with Crippen molar-refractivity contribution in [2.45, 2.75) is 26.3 Å². The molecule has 0 saturated carbocycles. The van der Waals surface area contributed by atoms with Crippen molar-refractivity contribution in [3.8, 4) is 5.69 Å². The molecule has 1 aromatic carbocycles. The lowest BCUT2D eigenvalue weighted by Crippen LogP contribution is -2.29. The first kappa shape index (κ1) is 12.6. The summed E-state index contributed by atoms with van der Waals surface area (Å²) in [7, 11) is 1.75. The average Bonchev–Trinajstić information content (AvgIpc) is 2.52. The number of nitrogens with two attached hydrogens (primary N) is 1. The number of aromatic nitrogens is 2. The second-order valence-electron chi connectivity index (χ2n) is 5.27. The van der Waals surface area contributed by atoms with Gasteiger partial charge >= 0.3 is 5.69 Å². The molecule has 0 atom stereocenters. The molecule has 0 saturated heterocycles. The van der Waals surface area contributed by atoms with E-state index >= 15 is 0 Å². The van der Waals surface area contributed by atoms with E-state index in [9.17, 15) is 4.79 Å². The maximum Gasteiger partial charge on any atom is 0.332 e. The van der Waals surface area contributed by atoms with Crippen molar-refractivity contribution in [3.05, 3.63) is 52.2 Å². The first-order valence-electron chi connectivity index (χ1n) is 5.95. The van der Waals surface area contributed by atoms with E-state index < -0.39 is 5.54 Å². The molecule has 4 heteroatoms. The third-order valence-corrected chi connectivity index (χ3v) is 3.07. The summed E-state index contributed by atoms with van der Waals surface area (Å²) in [4.78, 5) is 12.0. The van der Waals surface area contributed by atoms with Crippen LogP contribution in [0.25, 0.3) is 5.69 Å². The van der Waals surface area contributed by atoms with Gasteiger partial charge in [0.2, 0.25) is 0 Å². The molecular weight excluding hydrogens is 226 g/mol. The van der Waals surface area contributed by atoms with Crippen molar-refractivity contribution < 1.29 is 0 Å². The summed E-state index contributed by atoms with van der Waals surface area (Å²) in [6.45, 7) is 5.82. The first-order valence-corrected chi connectivity index (χ1v) is 5.95. The molecule has 0 radical (unpaired) electrons. The van der Waals surface area contributed by atoms with Gasteiger partial charge in [0.05, 0.1) is 5.69 Å². The van der Waals surface area contributed by atoms with E-state index in [1.807, 2.05) is 51.2 Å². The summed E-state index contributed by atoms with van der Waals surface area (Å²) < 4.78 is 3.27. The van der Waals surface area contributed by atoms with Gasteiger partial charge in [-0.05, 0) is 38.5 Å². The maximum absolute atomic E-state index is 12.0. The largest absolute Gasteiger partial charge is 0.332 e. The Morgan fingerprint density at radius 3 is 2.44 bits per heavy atom. The highest BCUT2D eigenvalue weighted by Gasteiger charge is 2.15. The molecule has 0 fully saturated rings. The summed E-state index contributed by atoms with van der Waals surface area (Å²) in [6.07, 6.45) is 1.82. The Balaban J connectivity index is 2.62. The Hall–Kier alpha value is -1.81. The average molecular weight is 245 g/mol. The molecule has 0 unspecified atom stereocenters. The molecule has 4 nitrogen and oxygen atoms in total. The van der Waals surface area contributed by atoms with E-state index in [2.05, 4.69) is 0 Å². The van der Waals surface area contributed by atoms with E-state index in [1.54, 1.807) is 16.2 Å². The highest BCUT2D eigenvalue weighted by Crippen LogP contribution is 2.20. The van der Waals surface area contributed by atoms with Crippen molar-refractivity contribution in [2.24, 2.45) is 12.8 Å². The van der Waals surface area contributed by atoms with E-state index in [-0.39, 0.29) is 5.69 Å². The lowest BCUT2D eigenvalue weighted by molar-refractivity contribution is 0.554. The van der Waals surface area contributed by atoms with Gasteiger partial charge in [-0.1, -0.05) is 12.1 Å². The Morgan fingerprint density at radius 2 is 1.94 bits per heavy atom. The fourth-order valence-corrected chi connectivity index (χ4v) is 2.06. The van der Waals surface area contributed by atoms with Crippen molar-refractivity contribution in [1.29, 1.82) is 0 Å². The van der Waals surface area contributed by atoms with Crippen LogP contribution in [0.15, 0.2) is 35.3 Å². The summed E-state index contributed by atoms with van der Waals surface area (Å²) in [5.41, 5.74) is 8.41. The second kappa shape index (κ2) is 4.14. The highest BCUT2D eigenvalue weighted by molar-refractivity contribution is 5.39. The van der Waals surface area contributed by atoms with Gasteiger partial charge in [0.15, 0.2) is 0 Å². The summed E-state index contributed by atoms with van der Waals surface area (Å²) in [5, 5.41) is 0. The molecule has 1 aromatic heterocycles. The van der Waals surface area contributed by atoms with Gasteiger partial charge in [-0.2, -0.15) is 0 Å². The zero-order valence-corrected chi connectivity index (χ0v) is 11.3. The van der Waals surface area contributed by atoms with E-state index in [0.717, 1.165) is 16.9 Å². The van der Waals surface area contributed by atoms with Crippen molar-refractivity contribution in [1.82, 2.24) is 9.13 Å². The standard InChI is InChI=1S/C14H19N3O/c1-10-9-16(4)13(18)17(10)12-7-5-6-11(8-12)14(2,3)15/h5-9H,15H2,1-4H3. The molecule has 0 aliphatic carbocycles. The van der Waals surface area contributed by atoms with E-state index in [4.69, 9.17) is 5.73 Å². The van der Waals surface area contributed by atoms with Gasteiger partial charge in [0, 0.05) is 24.5 Å². The van der Waals surface area contributed by atoms with Gasteiger partial charge < -0.3 is 10.3 Å². The van der Waals surface area contributed by atoms with Gasteiger partial charge in [-0.25, -0.2) is 4.79 Å². The van der Waals surface area contributed by atoms with Gasteiger partial charge in [0.25, 0.3) is 0 Å². The van der Waals surface area contributed by atoms with Crippen LogP contribution < -0.4 is 11.4 Å². The second-order valence-corrected chi connectivity index (χ2v) is 5.27. The van der Waals surface area contributed by atoms with Crippen LogP contribution in [-0.2, 0) is 12.6 Å². The Morgan fingerprint density at radius 1 is 1.28 bits per heavy atom. The summed E-state index contributed by atoms with van der Waals surface area (Å²) >= 11 is 0. The smallest absolute Gasteiger partial charge is 0.322 e. The predicted molar refractivity (Wildman–Crippen MR) is 73.0 cm³/mol. The molecule has 96 valence electrons. The quantitative estimate of drug-likeness (QED) is 0.875. The molecule has 0 aliphatic heterocycles. The fourth-order valence-electron chi connectivity index (χ4n) is 2.06. The number of hydrogen-bond acceptors (Lipinski definition) is 2. The minimum Gasteiger partial charge on any atom is -0.322 e. The third-order valence-electron chi connectivity index (χ3n) is 3.07. The minimum absolute atomic E-state index is 0.0422. The number of imidazole rings is 1. The number of benzene rings is 1. The molecular formula is C14H19N3O. The fraction of sp³-hybridized carbons (Fsp3) is 0.357. The summed E-state index contributed by atoms with van der Waals surface area (Å²) in [6, 6.07) is 7.79. The zero-order valence-electron chi connectivity index (χ0n) is 11.3. The molecule has 2 aromatic rings. The monoisotopic (exact) mass is 245 g/mol. The van der Waals surface area contributed by atoms with Crippen molar-refractivity contribution >= 4 is 0 Å². The maximum atomic E-state index is 12.0. The zero-order chi connectivity index (χ0) is 13.5. The predicted octanol–water partition coefficient (Wildman–Crippen LogP) is 1.68. The van der Waals surface area contributed by atoms with Crippen LogP contribution in [-0.4, -0.2) is 9.13 Å². The molecule has 18 heavy (non-hydrogen) atoms. The Bertz CT molecular complexity index is 629. The van der Waals surface area contributed by atoms with Gasteiger partial charge in [0.1, 0.15) is 0 Å². The number of hydrogen-bond donors (Lipinski definition) is 1. The van der Waals surface area contributed by atoms with Crippen LogP contribution >= 0.6 is 0 Å². The third kappa shape index (κ3) is 2.11. The molecule has 0 aliphatic rings. The normalized spacial score (nSPS) is 11.8. The molecule has 1 heterocycles.